The highest BCUT2D eigenvalue weighted by atomic mass is 16.6. The Labute approximate surface area is 148 Å². The maximum absolute atomic E-state index is 12.2. The lowest BCUT2D eigenvalue weighted by Gasteiger charge is -2.39. The van der Waals surface area contributed by atoms with E-state index in [1.807, 2.05) is 34.6 Å². The number of piperazine rings is 1. The number of oxazole rings is 1. The molecule has 1 aromatic rings. The van der Waals surface area contributed by atoms with Gasteiger partial charge in [0.25, 0.3) is 0 Å². The fraction of sp³-hybridized carbons (Fsp3) is 0.706. The molecule has 1 N–H and O–H groups in total. The van der Waals surface area contributed by atoms with Crippen LogP contribution in [0.3, 0.4) is 0 Å². The number of aromatic nitrogens is 1. The first-order chi connectivity index (χ1) is 11.7. The predicted octanol–water partition coefficient (Wildman–Crippen LogP) is 1.67. The molecular formula is C17H27N5O3. The minimum Gasteiger partial charge on any atom is -0.444 e. The van der Waals surface area contributed by atoms with Gasteiger partial charge in [-0.15, -0.1) is 0 Å². The number of aliphatic imine (C=N–C) groups is 1. The number of amides is 1. The van der Waals surface area contributed by atoms with E-state index in [-0.39, 0.29) is 12.1 Å². The van der Waals surface area contributed by atoms with Gasteiger partial charge in [-0.3, -0.25) is 4.99 Å². The summed E-state index contributed by atoms with van der Waals surface area (Å²) < 4.78 is 11.1. The highest BCUT2D eigenvalue weighted by Crippen LogP contribution is 2.19. The topological polar surface area (TPSA) is 83.2 Å². The van der Waals surface area contributed by atoms with E-state index in [1.54, 1.807) is 4.90 Å². The van der Waals surface area contributed by atoms with Gasteiger partial charge in [0.05, 0.1) is 24.8 Å². The summed E-state index contributed by atoms with van der Waals surface area (Å²) in [6, 6.07) is 0.191. The molecule has 2 aliphatic rings. The molecule has 0 saturated carbocycles. The van der Waals surface area contributed by atoms with Crippen molar-refractivity contribution in [3.63, 3.8) is 0 Å². The molecule has 1 unspecified atom stereocenters. The maximum Gasteiger partial charge on any atom is 0.410 e. The zero-order valence-electron chi connectivity index (χ0n) is 15.6. The number of rotatable bonds is 2. The SMILES string of the molecule is Cc1nc(CNC2=NCC3CN(C(=O)OC(C)(C)C)CCN23)oc1C. The summed E-state index contributed by atoms with van der Waals surface area (Å²) in [5.41, 5.74) is 0.438. The van der Waals surface area contributed by atoms with Crippen molar-refractivity contribution >= 4 is 12.1 Å². The van der Waals surface area contributed by atoms with Crippen LogP contribution >= 0.6 is 0 Å². The molecule has 3 heterocycles. The Morgan fingerprint density at radius 2 is 2.12 bits per heavy atom. The summed E-state index contributed by atoms with van der Waals surface area (Å²) in [4.78, 5) is 25.2. The normalized spacial score (nSPS) is 20.4. The Morgan fingerprint density at radius 1 is 1.36 bits per heavy atom. The van der Waals surface area contributed by atoms with Crippen molar-refractivity contribution in [2.24, 2.45) is 4.99 Å². The molecule has 0 aromatic carbocycles. The third-order valence-corrected chi connectivity index (χ3v) is 4.33. The van der Waals surface area contributed by atoms with Gasteiger partial charge < -0.3 is 24.3 Å². The third-order valence-electron chi connectivity index (χ3n) is 4.33. The van der Waals surface area contributed by atoms with E-state index in [0.717, 1.165) is 24.0 Å². The summed E-state index contributed by atoms with van der Waals surface area (Å²) in [6.45, 7) is 12.7. The van der Waals surface area contributed by atoms with Crippen LogP contribution in [0.4, 0.5) is 4.79 Å². The third kappa shape index (κ3) is 4.05. The Kier molecular flexibility index (Phi) is 4.62. The van der Waals surface area contributed by atoms with Crippen LogP contribution in [0.2, 0.25) is 0 Å². The van der Waals surface area contributed by atoms with Crippen LogP contribution in [0.25, 0.3) is 0 Å². The molecule has 2 aliphatic heterocycles. The summed E-state index contributed by atoms with van der Waals surface area (Å²) in [5.74, 6) is 2.35. The van der Waals surface area contributed by atoms with Crippen molar-refractivity contribution in [1.82, 2.24) is 20.1 Å². The number of hydrogen-bond donors (Lipinski definition) is 1. The average Bonchev–Trinajstić information content (AvgIpc) is 3.06. The smallest absolute Gasteiger partial charge is 0.410 e. The minimum absolute atomic E-state index is 0.191. The molecule has 1 amide bonds. The standard InChI is InChI=1S/C17H27N5O3/c1-11-12(2)24-14(20-11)9-19-15-18-8-13-10-21(6-7-22(13)15)16(23)25-17(3,4)5/h13H,6-10H2,1-5H3,(H,18,19). The van der Waals surface area contributed by atoms with Gasteiger partial charge in [-0.05, 0) is 34.6 Å². The van der Waals surface area contributed by atoms with Crippen molar-refractivity contribution in [3.05, 3.63) is 17.3 Å². The molecule has 25 heavy (non-hydrogen) atoms. The average molecular weight is 349 g/mol. The molecule has 1 saturated heterocycles. The van der Waals surface area contributed by atoms with Gasteiger partial charge >= 0.3 is 6.09 Å². The van der Waals surface area contributed by atoms with Gasteiger partial charge in [-0.2, -0.15) is 0 Å². The second-order valence-electron chi connectivity index (χ2n) is 7.54. The van der Waals surface area contributed by atoms with E-state index >= 15 is 0 Å². The second-order valence-corrected chi connectivity index (χ2v) is 7.54. The van der Waals surface area contributed by atoms with Crippen molar-refractivity contribution in [1.29, 1.82) is 0 Å². The van der Waals surface area contributed by atoms with E-state index in [1.165, 1.54) is 0 Å². The number of ether oxygens (including phenoxy) is 1. The summed E-state index contributed by atoms with van der Waals surface area (Å²) >= 11 is 0. The number of aryl methyl sites for hydroxylation is 2. The van der Waals surface area contributed by atoms with Gasteiger partial charge in [0.15, 0.2) is 5.96 Å². The largest absolute Gasteiger partial charge is 0.444 e. The van der Waals surface area contributed by atoms with Crippen molar-refractivity contribution in [3.8, 4) is 0 Å². The molecule has 0 radical (unpaired) electrons. The van der Waals surface area contributed by atoms with E-state index in [0.29, 0.717) is 32.1 Å². The molecule has 3 rings (SSSR count). The molecule has 8 heteroatoms. The Bertz CT molecular complexity index is 657. The number of nitrogens with one attached hydrogen (secondary N) is 1. The van der Waals surface area contributed by atoms with Crippen LogP contribution in [-0.4, -0.2) is 64.7 Å². The molecule has 0 bridgehead atoms. The van der Waals surface area contributed by atoms with Gasteiger partial charge in [0, 0.05) is 19.6 Å². The molecule has 0 spiro atoms. The fourth-order valence-corrected chi connectivity index (χ4v) is 2.99. The Balaban J connectivity index is 1.52. The number of guanidine groups is 1. The van der Waals surface area contributed by atoms with Gasteiger partial charge in [-0.25, -0.2) is 9.78 Å². The van der Waals surface area contributed by atoms with Crippen molar-refractivity contribution in [2.75, 3.05) is 26.2 Å². The van der Waals surface area contributed by atoms with Crippen molar-refractivity contribution in [2.45, 2.75) is 52.8 Å². The van der Waals surface area contributed by atoms with Gasteiger partial charge in [-0.1, -0.05) is 0 Å². The van der Waals surface area contributed by atoms with Gasteiger partial charge in [0.1, 0.15) is 11.4 Å². The first kappa shape index (κ1) is 17.6. The fourth-order valence-electron chi connectivity index (χ4n) is 2.99. The van der Waals surface area contributed by atoms with E-state index < -0.39 is 5.60 Å². The first-order valence-electron chi connectivity index (χ1n) is 8.69. The van der Waals surface area contributed by atoms with Crippen LogP contribution in [-0.2, 0) is 11.3 Å². The maximum atomic E-state index is 12.2. The highest BCUT2D eigenvalue weighted by molar-refractivity contribution is 5.82. The Hall–Kier alpha value is -2.25. The highest BCUT2D eigenvalue weighted by Gasteiger charge is 2.36. The lowest BCUT2D eigenvalue weighted by Crippen LogP contribution is -2.57. The van der Waals surface area contributed by atoms with Crippen LogP contribution in [0.1, 0.15) is 38.1 Å². The zero-order chi connectivity index (χ0) is 18.2. The lowest BCUT2D eigenvalue weighted by molar-refractivity contribution is 0.0137. The minimum atomic E-state index is -0.473. The van der Waals surface area contributed by atoms with E-state index in [9.17, 15) is 4.79 Å². The number of hydrogen-bond acceptors (Lipinski definition) is 7. The number of carbonyl (C=O) groups is 1. The van der Waals surface area contributed by atoms with Crippen LogP contribution in [0, 0.1) is 13.8 Å². The van der Waals surface area contributed by atoms with Crippen molar-refractivity contribution < 1.29 is 13.9 Å². The summed E-state index contributed by atoms with van der Waals surface area (Å²) in [7, 11) is 0. The molecule has 1 aromatic heterocycles. The first-order valence-corrected chi connectivity index (χ1v) is 8.69. The summed E-state index contributed by atoms with van der Waals surface area (Å²) in [6.07, 6.45) is -0.251. The molecule has 8 nitrogen and oxygen atoms in total. The molecule has 1 fully saturated rings. The molecule has 138 valence electrons. The predicted molar refractivity (Wildman–Crippen MR) is 93.4 cm³/mol. The number of fused-ring (bicyclic) bond motifs is 1. The van der Waals surface area contributed by atoms with Gasteiger partial charge in [0.2, 0.25) is 5.89 Å². The quantitative estimate of drug-likeness (QED) is 0.874. The number of nitrogens with zero attached hydrogens (tertiary/aromatic N) is 4. The number of carbonyl (C=O) groups excluding carboxylic acids is 1. The molecular weight excluding hydrogens is 322 g/mol. The summed E-state index contributed by atoms with van der Waals surface area (Å²) in [5, 5.41) is 3.30. The lowest BCUT2D eigenvalue weighted by atomic mass is 10.2. The molecule has 1 atom stereocenters. The van der Waals surface area contributed by atoms with Crippen LogP contribution in [0.15, 0.2) is 9.41 Å². The second kappa shape index (κ2) is 6.57. The van der Waals surface area contributed by atoms with E-state index in [2.05, 4.69) is 20.2 Å². The monoisotopic (exact) mass is 349 g/mol. The molecule has 0 aliphatic carbocycles. The zero-order valence-corrected chi connectivity index (χ0v) is 15.6. The van der Waals surface area contributed by atoms with E-state index in [4.69, 9.17) is 9.15 Å². The van der Waals surface area contributed by atoms with Crippen LogP contribution < -0.4 is 5.32 Å². The van der Waals surface area contributed by atoms with Crippen LogP contribution in [0.5, 0.6) is 0 Å². The Morgan fingerprint density at radius 3 is 2.76 bits per heavy atom.